The van der Waals surface area contributed by atoms with E-state index >= 15 is 0 Å². The molecule has 2 aromatic carbocycles. The number of nitrogens with zero attached hydrogens (tertiary/aromatic N) is 1. The van der Waals surface area contributed by atoms with Gasteiger partial charge in [-0.2, -0.15) is 0 Å². The van der Waals surface area contributed by atoms with Gasteiger partial charge in [0.05, 0.1) is 16.3 Å². The number of hydrogen-bond acceptors (Lipinski definition) is 6. The number of sulfonamides is 1. The second-order valence-electron chi connectivity index (χ2n) is 6.11. The zero-order valence-electron chi connectivity index (χ0n) is 14.6. The minimum absolute atomic E-state index is 0.102. The summed E-state index contributed by atoms with van der Waals surface area (Å²) in [5.74, 6) is 1.78. The summed E-state index contributed by atoms with van der Waals surface area (Å²) in [6, 6.07) is 9.74. The molecular formula is C18H18N2O5S2. The third kappa shape index (κ3) is 3.57. The number of fused-ring (bicyclic) bond motifs is 2. The van der Waals surface area contributed by atoms with Crippen molar-refractivity contribution in [3.05, 3.63) is 36.4 Å². The molecule has 0 fully saturated rings. The number of benzene rings is 2. The van der Waals surface area contributed by atoms with E-state index in [-0.39, 0.29) is 10.8 Å². The van der Waals surface area contributed by atoms with Crippen LogP contribution >= 0.6 is 11.8 Å². The third-order valence-electron chi connectivity index (χ3n) is 4.28. The van der Waals surface area contributed by atoms with Crippen molar-refractivity contribution >= 4 is 39.1 Å². The number of nitrogens with one attached hydrogen (secondary N) is 1. The summed E-state index contributed by atoms with van der Waals surface area (Å²) in [5, 5.41) is 0. The molecule has 0 saturated carbocycles. The molecule has 0 atom stereocenters. The topological polar surface area (TPSA) is 84.9 Å². The van der Waals surface area contributed by atoms with Gasteiger partial charge in [-0.3, -0.25) is 9.52 Å². The summed E-state index contributed by atoms with van der Waals surface area (Å²) >= 11 is 1.61. The lowest BCUT2D eigenvalue weighted by Gasteiger charge is -2.28. The Hall–Kier alpha value is -2.39. The maximum atomic E-state index is 12.8. The molecule has 0 aliphatic carbocycles. The Morgan fingerprint density at radius 3 is 2.67 bits per heavy atom. The summed E-state index contributed by atoms with van der Waals surface area (Å²) in [5.41, 5.74) is 1.01. The lowest BCUT2D eigenvalue weighted by Crippen LogP contribution is -2.33. The molecule has 1 N–H and O–H groups in total. The normalized spacial score (nSPS) is 15.8. The molecule has 9 heteroatoms. The van der Waals surface area contributed by atoms with Gasteiger partial charge in [0.1, 0.15) is 13.2 Å². The summed E-state index contributed by atoms with van der Waals surface area (Å²) in [6.07, 6.45) is 0. The van der Waals surface area contributed by atoms with Crippen LogP contribution in [0.25, 0.3) is 0 Å². The number of hydrogen-bond donors (Lipinski definition) is 1. The van der Waals surface area contributed by atoms with Crippen molar-refractivity contribution < 1.29 is 22.7 Å². The quantitative estimate of drug-likeness (QED) is 0.844. The van der Waals surface area contributed by atoms with E-state index in [0.717, 1.165) is 10.6 Å². The van der Waals surface area contributed by atoms with Crippen molar-refractivity contribution in [2.24, 2.45) is 0 Å². The highest BCUT2D eigenvalue weighted by atomic mass is 32.2. The van der Waals surface area contributed by atoms with Crippen LogP contribution in [0.3, 0.4) is 0 Å². The minimum atomic E-state index is -3.82. The van der Waals surface area contributed by atoms with Crippen LogP contribution in [0, 0.1) is 0 Å². The van der Waals surface area contributed by atoms with Crippen LogP contribution in [-0.4, -0.2) is 39.8 Å². The van der Waals surface area contributed by atoms with E-state index in [2.05, 4.69) is 4.72 Å². The molecule has 27 heavy (non-hydrogen) atoms. The fourth-order valence-electron chi connectivity index (χ4n) is 3.01. The molecule has 2 aliphatic heterocycles. The van der Waals surface area contributed by atoms with Gasteiger partial charge in [0.2, 0.25) is 5.91 Å². The predicted octanol–water partition coefficient (Wildman–Crippen LogP) is 2.72. The van der Waals surface area contributed by atoms with E-state index in [9.17, 15) is 13.2 Å². The Morgan fingerprint density at radius 2 is 1.89 bits per heavy atom. The maximum absolute atomic E-state index is 12.8. The van der Waals surface area contributed by atoms with Crippen LogP contribution in [0.4, 0.5) is 11.4 Å². The lowest BCUT2D eigenvalue weighted by molar-refractivity contribution is -0.116. The summed E-state index contributed by atoms with van der Waals surface area (Å²) < 4.78 is 39.2. The minimum Gasteiger partial charge on any atom is -0.486 e. The Kier molecular flexibility index (Phi) is 4.65. The van der Waals surface area contributed by atoms with Crippen molar-refractivity contribution in [1.82, 2.24) is 0 Å². The van der Waals surface area contributed by atoms with Gasteiger partial charge in [-0.15, -0.1) is 11.8 Å². The van der Waals surface area contributed by atoms with Crippen LogP contribution in [-0.2, 0) is 14.8 Å². The van der Waals surface area contributed by atoms with E-state index in [1.165, 1.54) is 6.92 Å². The Morgan fingerprint density at radius 1 is 1.11 bits per heavy atom. The van der Waals surface area contributed by atoms with Crippen LogP contribution in [0.5, 0.6) is 11.5 Å². The second kappa shape index (κ2) is 6.97. The van der Waals surface area contributed by atoms with Crippen molar-refractivity contribution in [3.8, 4) is 11.5 Å². The van der Waals surface area contributed by atoms with Gasteiger partial charge >= 0.3 is 0 Å². The van der Waals surface area contributed by atoms with Crippen molar-refractivity contribution in [2.45, 2.75) is 16.7 Å². The van der Waals surface area contributed by atoms with Gasteiger partial charge in [-0.05, 0) is 30.3 Å². The van der Waals surface area contributed by atoms with E-state index in [1.807, 2.05) is 0 Å². The molecule has 0 bridgehead atoms. The largest absolute Gasteiger partial charge is 0.486 e. The van der Waals surface area contributed by atoms with Gasteiger partial charge in [0.25, 0.3) is 10.0 Å². The molecule has 142 valence electrons. The fourth-order valence-corrected chi connectivity index (χ4v) is 5.06. The second-order valence-corrected chi connectivity index (χ2v) is 8.93. The lowest BCUT2D eigenvalue weighted by atomic mass is 10.2. The summed E-state index contributed by atoms with van der Waals surface area (Å²) in [6.45, 7) is 2.94. The zero-order chi connectivity index (χ0) is 19.0. The number of ether oxygens (including phenoxy) is 2. The first-order chi connectivity index (χ1) is 12.9. The monoisotopic (exact) mass is 406 g/mol. The molecule has 0 aromatic heterocycles. The number of thioether (sulfide) groups is 1. The highest BCUT2D eigenvalue weighted by molar-refractivity contribution is 7.99. The molecule has 0 radical (unpaired) electrons. The van der Waals surface area contributed by atoms with Gasteiger partial charge in [-0.1, -0.05) is 0 Å². The van der Waals surface area contributed by atoms with E-state index in [4.69, 9.17) is 9.47 Å². The smallest absolute Gasteiger partial charge is 0.261 e. The average molecular weight is 406 g/mol. The SMILES string of the molecule is CC(=O)N1CCSc2ccc(S(=O)(=O)Nc3ccc4c(c3)OCCO4)cc21. The fraction of sp³-hybridized carbons (Fsp3) is 0.278. The number of carbonyl (C=O) groups excluding carboxylic acids is 1. The highest BCUT2D eigenvalue weighted by Gasteiger charge is 2.24. The number of rotatable bonds is 3. The molecule has 7 nitrogen and oxygen atoms in total. The molecule has 1 amide bonds. The van der Waals surface area contributed by atoms with E-state index in [1.54, 1.807) is 53.1 Å². The van der Waals surface area contributed by atoms with E-state index in [0.29, 0.717) is 42.6 Å². The van der Waals surface area contributed by atoms with E-state index < -0.39 is 10.0 Å². The molecule has 0 spiro atoms. The van der Waals surface area contributed by atoms with Crippen molar-refractivity contribution in [3.63, 3.8) is 0 Å². The number of amides is 1. The van der Waals surface area contributed by atoms with Crippen molar-refractivity contribution in [2.75, 3.05) is 35.1 Å². The average Bonchev–Trinajstić information content (AvgIpc) is 2.66. The van der Waals surface area contributed by atoms with Crippen LogP contribution in [0.1, 0.15) is 6.92 Å². The predicted molar refractivity (Wildman–Crippen MR) is 103 cm³/mol. The molecular weight excluding hydrogens is 388 g/mol. The Labute approximate surface area is 161 Å². The maximum Gasteiger partial charge on any atom is 0.261 e. The summed E-state index contributed by atoms with van der Waals surface area (Å²) in [4.78, 5) is 14.5. The Bertz CT molecular complexity index is 1010. The first-order valence-electron chi connectivity index (χ1n) is 8.41. The first-order valence-corrected chi connectivity index (χ1v) is 10.9. The molecule has 0 unspecified atom stereocenters. The molecule has 2 aliphatic rings. The third-order valence-corrected chi connectivity index (χ3v) is 6.70. The van der Waals surface area contributed by atoms with Crippen LogP contribution in [0.15, 0.2) is 46.2 Å². The van der Waals surface area contributed by atoms with Gasteiger partial charge in [-0.25, -0.2) is 8.42 Å². The summed E-state index contributed by atoms with van der Waals surface area (Å²) in [7, 11) is -3.82. The first kappa shape index (κ1) is 18.0. The van der Waals surface area contributed by atoms with Crippen LogP contribution in [0.2, 0.25) is 0 Å². The molecule has 4 rings (SSSR count). The van der Waals surface area contributed by atoms with Crippen LogP contribution < -0.4 is 19.1 Å². The molecule has 2 heterocycles. The zero-order valence-corrected chi connectivity index (χ0v) is 16.2. The number of carbonyl (C=O) groups is 1. The Balaban J connectivity index is 1.64. The standard InChI is InChI=1S/C18H18N2O5S2/c1-12(21)20-6-9-26-18-5-3-14(11-15(18)20)27(22,23)19-13-2-4-16-17(10-13)25-8-7-24-16/h2-5,10-11,19H,6-9H2,1H3. The highest BCUT2D eigenvalue weighted by Crippen LogP contribution is 2.37. The number of anilines is 2. The van der Waals surface area contributed by atoms with Crippen molar-refractivity contribution in [1.29, 1.82) is 0 Å². The van der Waals surface area contributed by atoms with Gasteiger partial charge in [0, 0.05) is 30.2 Å². The van der Waals surface area contributed by atoms with Gasteiger partial charge in [0.15, 0.2) is 11.5 Å². The molecule has 0 saturated heterocycles. The van der Waals surface area contributed by atoms with Gasteiger partial charge < -0.3 is 14.4 Å². The molecule has 2 aromatic rings.